The number of aryl methyl sites for hydroxylation is 1. The lowest BCUT2D eigenvalue weighted by Gasteiger charge is -1.99. The Morgan fingerprint density at radius 3 is 2.81 bits per heavy atom. The van der Waals surface area contributed by atoms with Crippen molar-refractivity contribution in [2.75, 3.05) is 5.75 Å². The molecule has 0 amide bonds. The van der Waals surface area contributed by atoms with E-state index in [4.69, 9.17) is 0 Å². The fourth-order valence-electron chi connectivity index (χ4n) is 1.67. The number of aromatic nitrogens is 1. The molecule has 5 heteroatoms. The van der Waals surface area contributed by atoms with Crippen molar-refractivity contribution >= 4 is 20.7 Å². The number of nitrogens with one attached hydrogen (secondary N) is 1. The Kier molecular flexibility index (Phi) is 2.71. The molecule has 16 heavy (non-hydrogen) atoms. The number of fused-ring (bicyclic) bond motifs is 1. The maximum absolute atomic E-state index is 13.5. The van der Waals surface area contributed by atoms with E-state index >= 15 is 0 Å². The fraction of sp³-hybridized carbons (Fsp3) is 0.182. The van der Waals surface area contributed by atoms with Gasteiger partial charge in [0, 0.05) is 17.1 Å². The van der Waals surface area contributed by atoms with Crippen LogP contribution in [0.1, 0.15) is 5.56 Å². The smallest absolute Gasteiger partial charge is 0.151 e. The number of H-pyrrole nitrogens is 1. The molecule has 0 aliphatic heterocycles. The van der Waals surface area contributed by atoms with Crippen LogP contribution in [0.3, 0.4) is 0 Å². The molecule has 0 unspecified atom stereocenters. The summed E-state index contributed by atoms with van der Waals surface area (Å²) in [6.07, 6.45) is 4.95. The minimum atomic E-state index is -3.27. The molecule has 0 fully saturated rings. The van der Waals surface area contributed by atoms with E-state index in [2.05, 4.69) is 11.2 Å². The number of halogens is 1. The Balaban J connectivity index is 2.39. The Labute approximate surface area is 93.2 Å². The first kappa shape index (κ1) is 11.1. The largest absolute Gasteiger partial charge is 0.361 e. The van der Waals surface area contributed by atoms with Crippen LogP contribution in [-0.4, -0.2) is 19.2 Å². The molecule has 2 aromatic rings. The topological polar surface area (TPSA) is 49.9 Å². The van der Waals surface area contributed by atoms with Gasteiger partial charge in [-0.15, -0.1) is 0 Å². The van der Waals surface area contributed by atoms with Gasteiger partial charge in [-0.05, 0) is 24.1 Å². The lowest BCUT2D eigenvalue weighted by molar-refractivity contribution is 0.603. The van der Waals surface area contributed by atoms with Crippen LogP contribution in [0.2, 0.25) is 0 Å². The van der Waals surface area contributed by atoms with Gasteiger partial charge in [0.15, 0.2) is 9.84 Å². The lowest BCUT2D eigenvalue weighted by atomic mass is 10.1. The van der Waals surface area contributed by atoms with E-state index in [-0.39, 0.29) is 18.0 Å². The van der Waals surface area contributed by atoms with Gasteiger partial charge in [-0.25, -0.2) is 12.8 Å². The summed E-state index contributed by atoms with van der Waals surface area (Å²) in [5, 5.41) is 0.464. The molecule has 0 bridgehead atoms. The lowest BCUT2D eigenvalue weighted by Crippen LogP contribution is -2.03. The minimum absolute atomic E-state index is 0.0751. The van der Waals surface area contributed by atoms with Crippen molar-refractivity contribution in [2.24, 2.45) is 0 Å². The molecule has 0 spiro atoms. The maximum atomic E-state index is 13.5. The van der Waals surface area contributed by atoms with Crippen molar-refractivity contribution in [2.45, 2.75) is 6.42 Å². The van der Waals surface area contributed by atoms with E-state index in [1.165, 1.54) is 6.07 Å². The SMILES string of the molecule is [CH2]S(=O)(=O)CCc1c[nH]c2cccc(F)c12. The standard InChI is InChI=1S/C11H11FNO2S/c1-16(14,15)6-5-8-7-13-10-4-2-3-9(12)11(8)10/h2-4,7,13H,1,5-6H2. The molecule has 0 saturated carbocycles. The molecular formula is C11H11FNO2S. The van der Waals surface area contributed by atoms with Gasteiger partial charge in [0.25, 0.3) is 0 Å². The first-order valence-corrected chi connectivity index (χ1v) is 6.60. The van der Waals surface area contributed by atoms with Crippen LogP contribution in [-0.2, 0) is 16.3 Å². The van der Waals surface area contributed by atoms with Gasteiger partial charge in [0.2, 0.25) is 0 Å². The van der Waals surface area contributed by atoms with Crippen molar-refractivity contribution in [3.63, 3.8) is 0 Å². The Bertz CT molecular complexity index is 616. The third kappa shape index (κ3) is 2.24. The summed E-state index contributed by atoms with van der Waals surface area (Å²) in [5.74, 6) is -0.413. The van der Waals surface area contributed by atoms with Gasteiger partial charge in [-0.3, -0.25) is 0 Å². The first-order valence-electron chi connectivity index (χ1n) is 4.77. The molecule has 3 nitrogen and oxygen atoms in total. The van der Waals surface area contributed by atoms with Crippen LogP contribution in [0.25, 0.3) is 10.9 Å². The quantitative estimate of drug-likeness (QED) is 0.892. The predicted molar refractivity (Wildman–Crippen MR) is 61.1 cm³/mol. The van der Waals surface area contributed by atoms with Crippen molar-refractivity contribution in [1.82, 2.24) is 4.98 Å². The van der Waals surface area contributed by atoms with Crippen LogP contribution in [0, 0.1) is 12.1 Å². The van der Waals surface area contributed by atoms with Crippen LogP contribution < -0.4 is 0 Å². The molecule has 1 aromatic heterocycles. The summed E-state index contributed by atoms with van der Waals surface area (Å²) in [7, 11) is -3.27. The molecule has 0 aliphatic carbocycles. The Morgan fingerprint density at radius 2 is 2.12 bits per heavy atom. The van der Waals surface area contributed by atoms with Crippen LogP contribution in [0.15, 0.2) is 24.4 Å². The number of aromatic amines is 1. The second-order valence-corrected chi connectivity index (χ2v) is 5.57. The summed E-state index contributed by atoms with van der Waals surface area (Å²) in [6, 6.07) is 4.72. The van der Waals surface area contributed by atoms with E-state index < -0.39 is 9.84 Å². The van der Waals surface area contributed by atoms with Gasteiger partial charge in [0.1, 0.15) is 5.82 Å². The van der Waals surface area contributed by atoms with Crippen molar-refractivity contribution in [1.29, 1.82) is 0 Å². The van der Waals surface area contributed by atoms with Crippen molar-refractivity contribution in [3.8, 4) is 0 Å². The highest BCUT2D eigenvalue weighted by molar-refractivity contribution is 7.92. The number of hydrogen-bond acceptors (Lipinski definition) is 2. The second-order valence-electron chi connectivity index (χ2n) is 3.67. The van der Waals surface area contributed by atoms with Crippen LogP contribution >= 0.6 is 0 Å². The summed E-state index contributed by atoms with van der Waals surface area (Å²) < 4.78 is 35.4. The van der Waals surface area contributed by atoms with Crippen LogP contribution in [0.4, 0.5) is 4.39 Å². The van der Waals surface area contributed by atoms with E-state index in [0.29, 0.717) is 16.5 Å². The minimum Gasteiger partial charge on any atom is -0.361 e. The number of benzene rings is 1. The van der Waals surface area contributed by atoms with Gasteiger partial charge in [-0.2, -0.15) is 0 Å². The Morgan fingerprint density at radius 1 is 1.38 bits per heavy atom. The van der Waals surface area contributed by atoms with E-state index in [1.54, 1.807) is 18.3 Å². The molecule has 0 saturated heterocycles. The predicted octanol–water partition coefficient (Wildman–Crippen LogP) is 2.06. The highest BCUT2D eigenvalue weighted by atomic mass is 32.2. The average molecular weight is 240 g/mol. The molecule has 85 valence electrons. The van der Waals surface area contributed by atoms with Crippen molar-refractivity contribution < 1.29 is 12.8 Å². The summed E-state index contributed by atoms with van der Waals surface area (Å²) in [5.41, 5.74) is 1.34. The molecular weight excluding hydrogens is 229 g/mol. The molecule has 1 radical (unpaired) electrons. The van der Waals surface area contributed by atoms with Crippen molar-refractivity contribution in [3.05, 3.63) is 42.0 Å². The molecule has 2 rings (SSSR count). The third-order valence-electron chi connectivity index (χ3n) is 2.42. The monoisotopic (exact) mass is 240 g/mol. The third-order valence-corrected chi connectivity index (χ3v) is 3.25. The highest BCUT2D eigenvalue weighted by Gasteiger charge is 2.10. The number of rotatable bonds is 3. The molecule has 0 atom stereocenters. The van der Waals surface area contributed by atoms with Gasteiger partial charge in [0.05, 0.1) is 12.0 Å². The number of hydrogen-bond donors (Lipinski definition) is 1. The highest BCUT2D eigenvalue weighted by Crippen LogP contribution is 2.22. The first-order chi connectivity index (χ1) is 7.47. The van der Waals surface area contributed by atoms with Gasteiger partial charge < -0.3 is 4.98 Å². The fourth-order valence-corrected chi connectivity index (χ4v) is 2.20. The van der Waals surface area contributed by atoms with E-state index in [9.17, 15) is 12.8 Å². The van der Waals surface area contributed by atoms with E-state index in [1.807, 2.05) is 0 Å². The molecule has 1 N–H and O–H groups in total. The normalized spacial score (nSPS) is 12.1. The average Bonchev–Trinajstić information content (AvgIpc) is 2.58. The zero-order valence-electron chi connectivity index (χ0n) is 8.53. The summed E-state index contributed by atoms with van der Waals surface area (Å²) in [4.78, 5) is 2.91. The van der Waals surface area contributed by atoms with E-state index in [0.717, 1.165) is 0 Å². The number of sulfone groups is 1. The molecule has 1 aromatic carbocycles. The second kappa shape index (κ2) is 3.90. The summed E-state index contributed by atoms with van der Waals surface area (Å²) >= 11 is 0. The Hall–Kier alpha value is -1.36. The zero-order chi connectivity index (χ0) is 11.8. The maximum Gasteiger partial charge on any atom is 0.151 e. The van der Waals surface area contributed by atoms with Crippen LogP contribution in [0.5, 0.6) is 0 Å². The zero-order valence-corrected chi connectivity index (χ0v) is 9.35. The van der Waals surface area contributed by atoms with Gasteiger partial charge in [-0.1, -0.05) is 6.07 Å². The summed E-state index contributed by atoms with van der Waals surface area (Å²) in [6.45, 7) is 0. The van der Waals surface area contributed by atoms with Gasteiger partial charge >= 0.3 is 0 Å². The molecule has 1 heterocycles. The molecule has 0 aliphatic rings.